The zero-order chi connectivity index (χ0) is 41.2. The van der Waals surface area contributed by atoms with Crippen LogP contribution >= 0.6 is 0 Å². The van der Waals surface area contributed by atoms with Crippen LogP contribution in [-0.4, -0.2) is 29.9 Å². The Hall–Kier alpha value is -7.18. The molecule has 0 aliphatic carbocycles. The Kier molecular flexibility index (Phi) is 8.83. The smallest absolute Gasteiger partial charge is 0.0900 e. The Bertz CT molecular complexity index is 2850. The molecular weight excluding hydrogens is 733 g/mol. The lowest BCUT2D eigenvalue weighted by molar-refractivity contribution is 0.591. The summed E-state index contributed by atoms with van der Waals surface area (Å²) in [6, 6.07) is 47.1. The Labute approximate surface area is 350 Å². The van der Waals surface area contributed by atoms with E-state index >= 15 is 0 Å². The fourth-order valence-corrected chi connectivity index (χ4v) is 8.30. The van der Waals surface area contributed by atoms with Crippen molar-refractivity contribution in [1.82, 2.24) is 29.9 Å². The molecule has 10 rings (SSSR count). The van der Waals surface area contributed by atoms with E-state index in [1.807, 2.05) is 97.6 Å². The summed E-state index contributed by atoms with van der Waals surface area (Å²) in [4.78, 5) is 29.2. The molecule has 290 valence electrons. The Morgan fingerprint density at radius 1 is 0.333 bits per heavy atom. The van der Waals surface area contributed by atoms with Crippen molar-refractivity contribution in [3.8, 4) is 67.8 Å². The molecule has 0 unspecified atom stereocenters. The molecule has 6 heteroatoms. The summed E-state index contributed by atoms with van der Waals surface area (Å²) in [5.74, 6) is 0. The highest BCUT2D eigenvalue weighted by Gasteiger charge is 2.25. The minimum absolute atomic E-state index is 0.118. The van der Waals surface area contributed by atoms with Gasteiger partial charge in [0.25, 0.3) is 0 Å². The van der Waals surface area contributed by atoms with Gasteiger partial charge in [-0.1, -0.05) is 77.9 Å². The van der Waals surface area contributed by atoms with Crippen molar-refractivity contribution < 1.29 is 0 Å². The molecule has 0 bridgehead atoms. The van der Waals surface area contributed by atoms with Gasteiger partial charge in [-0.25, -0.2) is 9.97 Å². The molecule has 0 N–H and O–H groups in total. The third kappa shape index (κ3) is 6.74. The van der Waals surface area contributed by atoms with Crippen molar-refractivity contribution in [2.45, 2.75) is 52.4 Å². The molecule has 0 amide bonds. The van der Waals surface area contributed by atoms with E-state index in [0.717, 1.165) is 67.8 Å². The summed E-state index contributed by atoms with van der Waals surface area (Å²) in [6.07, 6.45) is 7.30. The lowest BCUT2D eigenvalue weighted by Crippen LogP contribution is -2.12. The number of aromatic nitrogens is 6. The van der Waals surface area contributed by atoms with Crippen LogP contribution in [0.25, 0.3) is 100 Å². The number of benzene rings is 4. The van der Waals surface area contributed by atoms with Gasteiger partial charge in [0.2, 0.25) is 0 Å². The molecule has 0 aliphatic rings. The predicted molar refractivity (Wildman–Crippen MR) is 247 cm³/mol. The van der Waals surface area contributed by atoms with Gasteiger partial charge in [-0.2, -0.15) is 0 Å². The van der Waals surface area contributed by atoms with E-state index in [1.54, 1.807) is 0 Å². The highest BCUT2D eigenvalue weighted by atomic mass is 14.8. The topological polar surface area (TPSA) is 77.3 Å². The molecule has 0 atom stereocenters. The van der Waals surface area contributed by atoms with E-state index in [2.05, 4.69) is 102 Å². The maximum Gasteiger partial charge on any atom is 0.0900 e. The largest absolute Gasteiger partial charge is 0.255 e. The third-order valence-electron chi connectivity index (χ3n) is 11.5. The first-order chi connectivity index (χ1) is 29.0. The molecule has 60 heavy (non-hydrogen) atoms. The molecule has 10 aromatic rings. The first-order valence-electron chi connectivity index (χ1n) is 20.5. The molecule has 4 aromatic carbocycles. The van der Waals surface area contributed by atoms with Crippen LogP contribution in [0.15, 0.2) is 158 Å². The van der Waals surface area contributed by atoms with Gasteiger partial charge < -0.3 is 0 Å². The first-order valence-corrected chi connectivity index (χ1v) is 20.5. The van der Waals surface area contributed by atoms with E-state index in [1.165, 1.54) is 43.4 Å². The quantitative estimate of drug-likeness (QED) is 0.157. The van der Waals surface area contributed by atoms with Crippen molar-refractivity contribution in [3.63, 3.8) is 0 Å². The van der Waals surface area contributed by atoms with E-state index < -0.39 is 0 Å². The van der Waals surface area contributed by atoms with Crippen LogP contribution < -0.4 is 0 Å². The molecule has 0 saturated heterocycles. The zero-order valence-corrected chi connectivity index (χ0v) is 34.7. The van der Waals surface area contributed by atoms with Crippen LogP contribution in [0.2, 0.25) is 0 Å². The highest BCUT2D eigenvalue weighted by molar-refractivity contribution is 6.29. The van der Waals surface area contributed by atoms with Crippen LogP contribution in [0.5, 0.6) is 0 Å². The summed E-state index contributed by atoms with van der Waals surface area (Å²) in [5, 5.41) is 7.27. The van der Waals surface area contributed by atoms with E-state index in [9.17, 15) is 0 Å². The minimum atomic E-state index is -0.118. The number of pyridine rings is 6. The van der Waals surface area contributed by atoms with Gasteiger partial charge in [0.05, 0.1) is 45.6 Å². The maximum absolute atomic E-state index is 5.14. The molecular formula is C54H44N6. The second-order valence-corrected chi connectivity index (χ2v) is 17.7. The average molecular weight is 777 g/mol. The summed E-state index contributed by atoms with van der Waals surface area (Å²) in [7, 11) is 0. The number of nitrogens with zero attached hydrogens (tertiary/aromatic N) is 6. The summed E-state index contributed by atoms with van der Waals surface area (Å²) in [6.45, 7) is 13.8. The third-order valence-corrected chi connectivity index (χ3v) is 11.5. The standard InChI is InChI=1S/C54H44N6/c1-53(2,3)37-23-35-25-40(34-29-49(45-17-9-13-21-57-45)60-50(30-34)46-18-10-14-22-58-46)42-32-38(54(4,5)6)24-36-26-39(41(31-37)51(35)52(36)42)33-27-47(43-15-7-11-19-55-43)59-48(28-33)44-16-8-12-20-56-44/h7-32H,1-6H3. The van der Waals surface area contributed by atoms with Crippen molar-refractivity contribution in [1.29, 1.82) is 0 Å². The molecule has 0 saturated carbocycles. The molecule has 6 heterocycles. The van der Waals surface area contributed by atoms with Gasteiger partial charge in [-0.3, -0.25) is 19.9 Å². The SMILES string of the molecule is CC(C)(C)c1cc2cc(-c3cc(-c4ccccn4)nc(-c4ccccn4)c3)c3cc(C(C)(C)C)cc4cc(-c5cc(-c6ccccn6)nc(-c6ccccn6)c5)c(c1)c2c43. The lowest BCUT2D eigenvalue weighted by Gasteiger charge is -2.26. The second-order valence-electron chi connectivity index (χ2n) is 17.7. The average Bonchev–Trinajstić information content (AvgIpc) is 3.27. The van der Waals surface area contributed by atoms with Gasteiger partial charge in [0.1, 0.15) is 0 Å². The van der Waals surface area contributed by atoms with Gasteiger partial charge in [0, 0.05) is 24.8 Å². The van der Waals surface area contributed by atoms with Crippen molar-refractivity contribution in [2.75, 3.05) is 0 Å². The first kappa shape index (κ1) is 37.1. The van der Waals surface area contributed by atoms with Crippen LogP contribution in [-0.2, 0) is 10.8 Å². The van der Waals surface area contributed by atoms with E-state index in [4.69, 9.17) is 29.9 Å². The van der Waals surface area contributed by atoms with E-state index in [-0.39, 0.29) is 10.8 Å². The van der Waals surface area contributed by atoms with Crippen LogP contribution in [0.3, 0.4) is 0 Å². The normalized spacial score (nSPS) is 12.2. The Morgan fingerprint density at radius 3 is 0.917 bits per heavy atom. The Morgan fingerprint density at radius 2 is 0.650 bits per heavy atom. The number of hydrogen-bond donors (Lipinski definition) is 0. The fourth-order valence-electron chi connectivity index (χ4n) is 8.30. The van der Waals surface area contributed by atoms with Gasteiger partial charge in [0.15, 0.2) is 0 Å². The number of hydrogen-bond acceptors (Lipinski definition) is 6. The minimum Gasteiger partial charge on any atom is -0.255 e. The lowest BCUT2D eigenvalue weighted by atomic mass is 9.78. The summed E-state index contributed by atoms with van der Waals surface area (Å²) < 4.78 is 0. The monoisotopic (exact) mass is 776 g/mol. The highest BCUT2D eigenvalue weighted by Crippen LogP contribution is 2.48. The van der Waals surface area contributed by atoms with Crippen molar-refractivity contribution in [2.24, 2.45) is 0 Å². The van der Waals surface area contributed by atoms with Gasteiger partial charge in [-0.05, 0) is 174 Å². The van der Waals surface area contributed by atoms with Crippen LogP contribution in [0.1, 0.15) is 52.7 Å². The predicted octanol–water partition coefficient (Wildman–Crippen LogP) is 13.6. The van der Waals surface area contributed by atoms with Crippen molar-refractivity contribution in [3.05, 3.63) is 169 Å². The molecule has 0 radical (unpaired) electrons. The molecule has 0 spiro atoms. The summed E-state index contributed by atoms with van der Waals surface area (Å²) in [5.41, 5.74) is 13.2. The second kappa shape index (κ2) is 14.3. The van der Waals surface area contributed by atoms with Gasteiger partial charge >= 0.3 is 0 Å². The maximum atomic E-state index is 5.14. The molecule has 6 nitrogen and oxygen atoms in total. The Balaban J connectivity index is 1.33. The van der Waals surface area contributed by atoms with Crippen molar-refractivity contribution >= 4 is 32.3 Å². The fraction of sp³-hybridized carbons (Fsp3) is 0.148. The van der Waals surface area contributed by atoms with Gasteiger partial charge in [-0.15, -0.1) is 0 Å². The van der Waals surface area contributed by atoms with Crippen LogP contribution in [0.4, 0.5) is 0 Å². The zero-order valence-electron chi connectivity index (χ0n) is 34.7. The summed E-state index contributed by atoms with van der Waals surface area (Å²) >= 11 is 0. The molecule has 0 aliphatic heterocycles. The van der Waals surface area contributed by atoms with E-state index in [0.29, 0.717) is 0 Å². The molecule has 0 fully saturated rings. The number of rotatable bonds is 6. The molecule has 6 aromatic heterocycles. The van der Waals surface area contributed by atoms with Crippen LogP contribution in [0, 0.1) is 0 Å².